The number of amides is 2. The zero-order chi connectivity index (χ0) is 15.1. The Morgan fingerprint density at radius 1 is 1.24 bits per heavy atom. The highest BCUT2D eigenvalue weighted by Crippen LogP contribution is 2.39. The van der Waals surface area contributed by atoms with Gasteiger partial charge in [-0.25, -0.2) is 0 Å². The van der Waals surface area contributed by atoms with Crippen LogP contribution in [0.1, 0.15) is 39.5 Å². The van der Waals surface area contributed by atoms with E-state index in [0.29, 0.717) is 13.1 Å². The molecular weight excluding hydrogens is 268 g/mol. The minimum Gasteiger partial charge on any atom is -0.340 e. The lowest BCUT2D eigenvalue weighted by Crippen LogP contribution is -2.73. The van der Waals surface area contributed by atoms with Gasteiger partial charge in [-0.15, -0.1) is 0 Å². The Hall–Kier alpha value is -1.85. The highest BCUT2D eigenvalue weighted by molar-refractivity contribution is 6.02. The molecule has 2 fully saturated rings. The van der Waals surface area contributed by atoms with Crippen LogP contribution in [0.3, 0.4) is 0 Å². The van der Waals surface area contributed by atoms with Gasteiger partial charge in [-0.2, -0.15) is 5.10 Å². The molecule has 1 spiro atoms. The summed E-state index contributed by atoms with van der Waals surface area (Å²) in [6.07, 6.45) is 7.12. The van der Waals surface area contributed by atoms with Crippen LogP contribution in [0.2, 0.25) is 0 Å². The highest BCUT2D eigenvalue weighted by Gasteiger charge is 2.55. The van der Waals surface area contributed by atoms with Gasteiger partial charge in [0, 0.05) is 18.9 Å². The van der Waals surface area contributed by atoms with Gasteiger partial charge in [0.25, 0.3) is 0 Å². The van der Waals surface area contributed by atoms with Gasteiger partial charge in [0.05, 0.1) is 6.54 Å². The number of piperazine rings is 1. The molecule has 114 valence electrons. The van der Waals surface area contributed by atoms with Crippen molar-refractivity contribution in [2.75, 3.05) is 6.54 Å². The van der Waals surface area contributed by atoms with Crippen LogP contribution in [0, 0.1) is 0 Å². The maximum absolute atomic E-state index is 12.8. The fraction of sp³-hybridized carbons (Fsp3) is 0.667. The van der Waals surface area contributed by atoms with Gasteiger partial charge < -0.3 is 10.2 Å². The smallest absolute Gasteiger partial charge is 0.248 e. The zero-order valence-corrected chi connectivity index (χ0v) is 12.6. The maximum atomic E-state index is 12.8. The summed E-state index contributed by atoms with van der Waals surface area (Å²) in [6.45, 7) is 4.69. The normalized spacial score (nSPS) is 23.6. The zero-order valence-electron chi connectivity index (χ0n) is 12.6. The molecule has 6 nitrogen and oxygen atoms in total. The maximum Gasteiger partial charge on any atom is 0.248 e. The number of rotatable bonds is 3. The highest BCUT2D eigenvalue weighted by atomic mass is 16.2. The van der Waals surface area contributed by atoms with Crippen LogP contribution >= 0.6 is 0 Å². The SMILES string of the molecule is CC1(C)NC(=O)C2(CCCC2)N(CCn2cccn2)C1=O. The van der Waals surface area contributed by atoms with Crippen LogP contribution in [0.5, 0.6) is 0 Å². The van der Waals surface area contributed by atoms with Gasteiger partial charge in [0.2, 0.25) is 11.8 Å². The predicted octanol–water partition coefficient (Wildman–Crippen LogP) is 0.933. The molecule has 6 heteroatoms. The molecule has 1 aliphatic carbocycles. The summed E-state index contributed by atoms with van der Waals surface area (Å²) in [7, 11) is 0. The average molecular weight is 290 g/mol. The van der Waals surface area contributed by atoms with Crippen LogP contribution in [0.25, 0.3) is 0 Å². The lowest BCUT2D eigenvalue weighted by Gasteiger charge is -2.49. The van der Waals surface area contributed by atoms with E-state index in [1.807, 2.05) is 12.3 Å². The molecule has 1 aromatic heterocycles. The molecule has 2 heterocycles. The molecule has 1 N–H and O–H groups in total. The van der Waals surface area contributed by atoms with E-state index in [2.05, 4.69) is 10.4 Å². The molecule has 0 unspecified atom stereocenters. The van der Waals surface area contributed by atoms with Gasteiger partial charge in [-0.05, 0) is 32.8 Å². The number of carbonyl (C=O) groups is 2. The van der Waals surface area contributed by atoms with Crippen molar-refractivity contribution in [3.05, 3.63) is 18.5 Å². The first-order valence-electron chi connectivity index (χ1n) is 7.58. The molecule has 0 atom stereocenters. The Morgan fingerprint density at radius 3 is 2.57 bits per heavy atom. The molecule has 1 aliphatic heterocycles. The van der Waals surface area contributed by atoms with Crippen LogP contribution in [-0.2, 0) is 16.1 Å². The number of nitrogens with one attached hydrogen (secondary N) is 1. The van der Waals surface area contributed by atoms with Gasteiger partial charge in [0.1, 0.15) is 11.1 Å². The van der Waals surface area contributed by atoms with Crippen LogP contribution in [0.15, 0.2) is 18.5 Å². The van der Waals surface area contributed by atoms with E-state index >= 15 is 0 Å². The molecular formula is C15H22N4O2. The minimum atomic E-state index is -0.824. The van der Waals surface area contributed by atoms with Gasteiger partial charge in [-0.1, -0.05) is 12.8 Å². The first-order chi connectivity index (χ1) is 9.96. The summed E-state index contributed by atoms with van der Waals surface area (Å²) >= 11 is 0. The van der Waals surface area contributed by atoms with Crippen molar-refractivity contribution in [1.82, 2.24) is 20.0 Å². The van der Waals surface area contributed by atoms with Crippen molar-refractivity contribution in [2.45, 2.75) is 57.2 Å². The first-order valence-corrected chi connectivity index (χ1v) is 7.58. The van der Waals surface area contributed by atoms with E-state index in [4.69, 9.17) is 0 Å². The minimum absolute atomic E-state index is 0.00469. The Kier molecular flexibility index (Phi) is 3.26. The second-order valence-electron chi connectivity index (χ2n) is 6.54. The Bertz CT molecular complexity index is 544. The fourth-order valence-electron chi connectivity index (χ4n) is 3.52. The molecule has 21 heavy (non-hydrogen) atoms. The van der Waals surface area contributed by atoms with Gasteiger partial charge in [-0.3, -0.25) is 14.3 Å². The molecule has 0 radical (unpaired) electrons. The number of carbonyl (C=O) groups excluding carboxylic acids is 2. The second-order valence-corrected chi connectivity index (χ2v) is 6.54. The standard InChI is InChI=1S/C15H22N4O2/c1-14(2)13(21)19(11-10-18-9-5-8-16-18)15(12(20)17-14)6-3-4-7-15/h5,8-9H,3-4,6-7,10-11H2,1-2H3,(H,17,20). The van der Waals surface area contributed by atoms with Crippen molar-refractivity contribution in [1.29, 1.82) is 0 Å². The Labute approximate surface area is 124 Å². The number of aromatic nitrogens is 2. The van der Waals surface area contributed by atoms with Crippen molar-refractivity contribution in [3.63, 3.8) is 0 Å². The average Bonchev–Trinajstić information content (AvgIpc) is 3.08. The summed E-state index contributed by atoms with van der Waals surface area (Å²) < 4.78 is 1.80. The summed E-state index contributed by atoms with van der Waals surface area (Å²) in [4.78, 5) is 27.2. The molecule has 0 bridgehead atoms. The van der Waals surface area contributed by atoms with Crippen LogP contribution in [0.4, 0.5) is 0 Å². The van der Waals surface area contributed by atoms with E-state index in [-0.39, 0.29) is 11.8 Å². The molecule has 2 amide bonds. The van der Waals surface area contributed by atoms with E-state index in [9.17, 15) is 9.59 Å². The molecule has 3 rings (SSSR count). The number of hydrogen-bond donors (Lipinski definition) is 1. The van der Waals surface area contributed by atoms with Crippen LogP contribution < -0.4 is 5.32 Å². The summed E-state index contributed by atoms with van der Waals surface area (Å²) in [5.41, 5.74) is -1.46. The van der Waals surface area contributed by atoms with Gasteiger partial charge in [0.15, 0.2) is 0 Å². The van der Waals surface area contributed by atoms with E-state index in [1.54, 1.807) is 29.6 Å². The Balaban J connectivity index is 1.87. The summed E-state index contributed by atoms with van der Waals surface area (Å²) in [6, 6.07) is 1.86. The first kappa shape index (κ1) is 14.1. The van der Waals surface area contributed by atoms with Gasteiger partial charge >= 0.3 is 0 Å². The lowest BCUT2D eigenvalue weighted by molar-refractivity contribution is -0.161. The Morgan fingerprint density at radius 2 is 1.95 bits per heavy atom. The number of hydrogen-bond acceptors (Lipinski definition) is 3. The van der Waals surface area contributed by atoms with Crippen molar-refractivity contribution < 1.29 is 9.59 Å². The molecule has 1 aromatic rings. The van der Waals surface area contributed by atoms with Crippen molar-refractivity contribution >= 4 is 11.8 Å². The molecule has 1 saturated carbocycles. The van der Waals surface area contributed by atoms with Crippen molar-refractivity contribution in [3.8, 4) is 0 Å². The van der Waals surface area contributed by atoms with E-state index < -0.39 is 11.1 Å². The topological polar surface area (TPSA) is 67.2 Å². The third kappa shape index (κ3) is 2.22. The van der Waals surface area contributed by atoms with Crippen molar-refractivity contribution in [2.24, 2.45) is 0 Å². The summed E-state index contributed by atoms with van der Waals surface area (Å²) in [5.74, 6) is 0.0150. The second kappa shape index (κ2) is 4.86. The third-order valence-corrected chi connectivity index (χ3v) is 4.69. The largest absolute Gasteiger partial charge is 0.340 e. The quantitative estimate of drug-likeness (QED) is 0.900. The molecule has 1 saturated heterocycles. The number of nitrogens with zero attached hydrogens (tertiary/aromatic N) is 3. The van der Waals surface area contributed by atoms with E-state index in [1.165, 1.54) is 0 Å². The molecule has 2 aliphatic rings. The monoisotopic (exact) mass is 290 g/mol. The fourth-order valence-corrected chi connectivity index (χ4v) is 3.52. The van der Waals surface area contributed by atoms with E-state index in [0.717, 1.165) is 25.7 Å². The summed E-state index contributed by atoms with van der Waals surface area (Å²) in [5, 5.41) is 7.08. The predicted molar refractivity (Wildman–Crippen MR) is 77.4 cm³/mol. The van der Waals surface area contributed by atoms with Crippen LogP contribution in [-0.4, -0.2) is 44.1 Å². The third-order valence-electron chi connectivity index (χ3n) is 4.69. The molecule has 0 aromatic carbocycles. The lowest BCUT2D eigenvalue weighted by atomic mass is 9.85.